The summed E-state index contributed by atoms with van der Waals surface area (Å²) < 4.78 is 5.44. The van der Waals surface area contributed by atoms with Gasteiger partial charge in [-0.3, -0.25) is 0 Å². The fourth-order valence-electron chi connectivity index (χ4n) is 1.08. The predicted octanol–water partition coefficient (Wildman–Crippen LogP) is 4.41. The van der Waals surface area contributed by atoms with E-state index >= 15 is 0 Å². The molecule has 0 unspecified atom stereocenters. The van der Waals surface area contributed by atoms with Crippen molar-refractivity contribution in [2.24, 2.45) is 0 Å². The van der Waals surface area contributed by atoms with Gasteiger partial charge in [-0.25, -0.2) is 0 Å². The van der Waals surface area contributed by atoms with Crippen LogP contribution < -0.4 is 0 Å². The highest BCUT2D eigenvalue weighted by Crippen LogP contribution is 2.33. The van der Waals surface area contributed by atoms with Crippen molar-refractivity contribution in [2.75, 3.05) is 0 Å². The lowest BCUT2D eigenvalue weighted by molar-refractivity contribution is 0.402. The molecule has 0 radical (unpaired) electrons. The van der Waals surface area contributed by atoms with Crippen LogP contribution in [-0.2, 0) is 0 Å². The molecule has 2 nitrogen and oxygen atoms in total. The summed E-state index contributed by atoms with van der Waals surface area (Å²) in [7, 11) is 0. The fourth-order valence-corrected chi connectivity index (χ4v) is 1.77. The van der Waals surface area contributed by atoms with E-state index in [1.165, 1.54) is 0 Å². The lowest BCUT2D eigenvalue weighted by Gasteiger charge is -2.00. The van der Waals surface area contributed by atoms with E-state index < -0.39 is 0 Å². The zero-order chi connectivity index (χ0) is 10.1. The molecule has 0 saturated carbocycles. The molecule has 14 heavy (non-hydrogen) atoms. The van der Waals surface area contributed by atoms with Gasteiger partial charge in [0.25, 0.3) is 0 Å². The molecule has 0 fully saturated rings. The third-order valence-electron chi connectivity index (χ3n) is 1.71. The summed E-state index contributed by atoms with van der Waals surface area (Å²) in [5.41, 5.74) is 1.41. The minimum absolute atomic E-state index is 0.481. The summed E-state index contributed by atoms with van der Waals surface area (Å²) in [6, 6.07) is 7.10. The standard InChI is InChI=1S/C9H4BrCl2NO/c10-8-4-7(13-14-8)5-2-1-3-6(11)9(5)12/h1-4H. The highest BCUT2D eigenvalue weighted by molar-refractivity contribution is 9.10. The predicted molar refractivity (Wildman–Crippen MR) is 59.7 cm³/mol. The molecule has 1 aromatic carbocycles. The van der Waals surface area contributed by atoms with Crippen molar-refractivity contribution in [1.82, 2.24) is 5.16 Å². The summed E-state index contributed by atoms with van der Waals surface area (Å²) in [6.07, 6.45) is 0. The second kappa shape index (κ2) is 3.93. The molecule has 0 aliphatic heterocycles. The van der Waals surface area contributed by atoms with Gasteiger partial charge in [0.1, 0.15) is 5.69 Å². The fraction of sp³-hybridized carbons (Fsp3) is 0. The summed E-state index contributed by atoms with van der Waals surface area (Å²) in [5, 5.41) is 4.81. The average Bonchev–Trinajstić information content (AvgIpc) is 2.57. The molecule has 2 aromatic rings. The van der Waals surface area contributed by atoms with Crippen molar-refractivity contribution in [3.05, 3.63) is 39.0 Å². The summed E-state index contributed by atoms with van der Waals surface area (Å²) >= 11 is 15.0. The molecule has 72 valence electrons. The van der Waals surface area contributed by atoms with Crippen molar-refractivity contribution in [1.29, 1.82) is 0 Å². The lowest BCUT2D eigenvalue weighted by atomic mass is 10.1. The Bertz CT molecular complexity index is 470. The first-order valence-corrected chi connectivity index (χ1v) is 5.30. The van der Waals surface area contributed by atoms with Crippen LogP contribution in [0.2, 0.25) is 10.0 Å². The zero-order valence-electron chi connectivity index (χ0n) is 6.80. The van der Waals surface area contributed by atoms with E-state index in [1.807, 2.05) is 12.1 Å². The highest BCUT2D eigenvalue weighted by Gasteiger charge is 2.10. The number of hydrogen-bond acceptors (Lipinski definition) is 2. The van der Waals surface area contributed by atoms with Crippen LogP contribution in [0, 0.1) is 0 Å². The molecular weight excluding hydrogens is 289 g/mol. The Hall–Kier alpha value is -0.510. The van der Waals surface area contributed by atoms with Crippen LogP contribution in [0.5, 0.6) is 0 Å². The lowest BCUT2D eigenvalue weighted by Crippen LogP contribution is -1.79. The zero-order valence-corrected chi connectivity index (χ0v) is 9.90. The Morgan fingerprint density at radius 1 is 1.29 bits per heavy atom. The minimum atomic E-state index is 0.481. The monoisotopic (exact) mass is 291 g/mol. The molecule has 0 N–H and O–H groups in total. The first-order valence-electron chi connectivity index (χ1n) is 3.75. The first-order chi connectivity index (χ1) is 6.68. The quantitative estimate of drug-likeness (QED) is 0.778. The van der Waals surface area contributed by atoms with Gasteiger partial charge in [0.2, 0.25) is 4.67 Å². The number of hydrogen-bond donors (Lipinski definition) is 0. The molecule has 1 aromatic heterocycles. The van der Waals surface area contributed by atoms with E-state index in [1.54, 1.807) is 12.1 Å². The number of aromatic nitrogens is 1. The van der Waals surface area contributed by atoms with Gasteiger partial charge >= 0.3 is 0 Å². The Kier molecular flexibility index (Phi) is 2.81. The summed E-state index contributed by atoms with van der Waals surface area (Å²) in [5.74, 6) is 0. The molecule has 2 rings (SSSR count). The third-order valence-corrected chi connectivity index (χ3v) is 2.90. The third kappa shape index (κ3) is 1.80. The van der Waals surface area contributed by atoms with Crippen molar-refractivity contribution in [3.63, 3.8) is 0 Å². The Morgan fingerprint density at radius 2 is 2.07 bits per heavy atom. The van der Waals surface area contributed by atoms with Crippen molar-refractivity contribution >= 4 is 39.1 Å². The van der Waals surface area contributed by atoms with E-state index in [0.717, 1.165) is 5.56 Å². The highest BCUT2D eigenvalue weighted by atomic mass is 79.9. The molecule has 1 heterocycles. The van der Waals surface area contributed by atoms with Gasteiger partial charge in [0.05, 0.1) is 10.0 Å². The van der Waals surface area contributed by atoms with Crippen LogP contribution in [0.3, 0.4) is 0 Å². The molecule has 0 aliphatic rings. The van der Waals surface area contributed by atoms with Gasteiger partial charge in [-0.1, -0.05) is 40.5 Å². The minimum Gasteiger partial charge on any atom is -0.349 e. The number of halogens is 3. The van der Waals surface area contributed by atoms with Gasteiger partial charge in [-0.05, 0) is 22.0 Å². The number of rotatable bonds is 1. The normalized spacial score (nSPS) is 10.5. The molecule has 5 heteroatoms. The smallest absolute Gasteiger partial charge is 0.202 e. The second-order valence-corrected chi connectivity index (χ2v) is 4.18. The Morgan fingerprint density at radius 3 is 2.71 bits per heavy atom. The maximum Gasteiger partial charge on any atom is 0.202 e. The second-order valence-electron chi connectivity index (χ2n) is 2.62. The SMILES string of the molecule is Clc1cccc(-c2cc(Br)on2)c1Cl. The van der Waals surface area contributed by atoms with Crippen molar-refractivity contribution < 1.29 is 4.52 Å². The van der Waals surface area contributed by atoms with E-state index in [0.29, 0.717) is 20.4 Å². The van der Waals surface area contributed by atoms with Gasteiger partial charge in [0, 0.05) is 11.6 Å². The van der Waals surface area contributed by atoms with Crippen LogP contribution in [0.4, 0.5) is 0 Å². The molecule has 0 aliphatic carbocycles. The van der Waals surface area contributed by atoms with Crippen LogP contribution in [-0.4, -0.2) is 5.16 Å². The summed E-state index contributed by atoms with van der Waals surface area (Å²) in [6.45, 7) is 0. The molecule has 0 atom stereocenters. The topological polar surface area (TPSA) is 26.0 Å². The van der Waals surface area contributed by atoms with E-state index in [-0.39, 0.29) is 0 Å². The molecule has 0 bridgehead atoms. The maximum atomic E-state index is 6.01. The number of nitrogens with zero attached hydrogens (tertiary/aromatic N) is 1. The first kappa shape index (κ1) is 10.0. The molecule has 0 spiro atoms. The van der Waals surface area contributed by atoms with Crippen LogP contribution in [0.1, 0.15) is 0 Å². The van der Waals surface area contributed by atoms with Gasteiger partial charge < -0.3 is 4.52 Å². The van der Waals surface area contributed by atoms with E-state index in [4.69, 9.17) is 27.7 Å². The van der Waals surface area contributed by atoms with Crippen LogP contribution >= 0.6 is 39.1 Å². The van der Waals surface area contributed by atoms with Gasteiger partial charge in [0.15, 0.2) is 0 Å². The Labute approximate surface area is 98.9 Å². The van der Waals surface area contributed by atoms with E-state index in [2.05, 4.69) is 21.1 Å². The van der Waals surface area contributed by atoms with Crippen LogP contribution in [0.25, 0.3) is 11.3 Å². The van der Waals surface area contributed by atoms with Crippen LogP contribution in [0.15, 0.2) is 33.5 Å². The average molecular weight is 293 g/mol. The summed E-state index contributed by atoms with van der Waals surface area (Å²) in [4.78, 5) is 0. The number of benzene rings is 1. The van der Waals surface area contributed by atoms with Crippen molar-refractivity contribution in [3.8, 4) is 11.3 Å². The molecular formula is C9H4BrCl2NO. The van der Waals surface area contributed by atoms with Gasteiger partial charge in [-0.15, -0.1) is 0 Å². The Balaban J connectivity index is 2.57. The van der Waals surface area contributed by atoms with E-state index in [9.17, 15) is 0 Å². The van der Waals surface area contributed by atoms with Crippen molar-refractivity contribution in [2.45, 2.75) is 0 Å². The molecule has 0 saturated heterocycles. The van der Waals surface area contributed by atoms with Gasteiger partial charge in [-0.2, -0.15) is 0 Å². The largest absolute Gasteiger partial charge is 0.349 e. The molecule has 0 amide bonds. The maximum absolute atomic E-state index is 6.01.